The van der Waals surface area contributed by atoms with Gasteiger partial charge in [0.15, 0.2) is 0 Å². The van der Waals surface area contributed by atoms with Crippen molar-refractivity contribution in [3.05, 3.63) is 65.7 Å². The van der Waals surface area contributed by atoms with Crippen LogP contribution in [0.25, 0.3) is 0 Å². The lowest BCUT2D eigenvalue weighted by Gasteiger charge is -2.51. The number of aliphatic hydroxyl groups is 1. The van der Waals surface area contributed by atoms with E-state index in [1.54, 1.807) is 7.11 Å². The second-order valence-electron chi connectivity index (χ2n) is 9.73. The van der Waals surface area contributed by atoms with Gasteiger partial charge in [-0.15, -0.1) is 0 Å². The van der Waals surface area contributed by atoms with Crippen molar-refractivity contribution in [1.29, 1.82) is 0 Å². The lowest BCUT2D eigenvalue weighted by Crippen LogP contribution is -2.55. The summed E-state index contributed by atoms with van der Waals surface area (Å²) in [6, 6.07) is 18.8. The topological polar surface area (TPSA) is 56.3 Å². The molecule has 1 saturated heterocycles. The van der Waals surface area contributed by atoms with Crippen molar-refractivity contribution < 1.29 is 14.6 Å². The monoisotopic (exact) mass is 451 g/mol. The van der Waals surface area contributed by atoms with Gasteiger partial charge in [-0.2, -0.15) is 0 Å². The Balaban J connectivity index is 1.56. The molecule has 0 radical (unpaired) electrons. The lowest BCUT2D eigenvalue weighted by atomic mass is 9.68. The fourth-order valence-corrected chi connectivity index (χ4v) is 5.82. The zero-order valence-electron chi connectivity index (χ0n) is 20.2. The maximum absolute atomic E-state index is 13.5. The van der Waals surface area contributed by atoms with Gasteiger partial charge in [0, 0.05) is 31.8 Å². The van der Waals surface area contributed by atoms with Crippen LogP contribution in [0, 0.1) is 0 Å². The van der Waals surface area contributed by atoms with Crippen LogP contribution in [-0.2, 0) is 12.1 Å². The molecule has 1 saturated carbocycles. The van der Waals surface area contributed by atoms with Crippen molar-refractivity contribution in [3.63, 3.8) is 0 Å². The molecular weight excluding hydrogens is 414 g/mol. The molecule has 1 aliphatic carbocycles. The van der Waals surface area contributed by atoms with Crippen LogP contribution in [-0.4, -0.2) is 72.3 Å². The van der Waals surface area contributed by atoms with Gasteiger partial charge in [0.25, 0.3) is 0 Å². The van der Waals surface area contributed by atoms with Crippen LogP contribution in [0.3, 0.4) is 0 Å². The molecule has 1 N–H and O–H groups in total. The molecule has 2 aromatic rings. The first-order valence-electron chi connectivity index (χ1n) is 12.0. The zero-order chi connectivity index (χ0) is 23.5. The summed E-state index contributed by atoms with van der Waals surface area (Å²) in [6.07, 6.45) is 4.53. The van der Waals surface area contributed by atoms with Crippen molar-refractivity contribution in [2.45, 2.75) is 49.7 Å². The predicted molar refractivity (Wildman–Crippen MR) is 130 cm³/mol. The van der Waals surface area contributed by atoms with Crippen LogP contribution in [0.15, 0.2) is 54.6 Å². The van der Waals surface area contributed by atoms with Crippen LogP contribution in [0.1, 0.15) is 43.2 Å². The van der Waals surface area contributed by atoms with E-state index in [4.69, 9.17) is 4.74 Å². The first-order valence-corrected chi connectivity index (χ1v) is 12.0. The van der Waals surface area contributed by atoms with Gasteiger partial charge in [0.1, 0.15) is 5.75 Å². The Bertz CT molecular complexity index is 921. The minimum absolute atomic E-state index is 0.0123. The van der Waals surface area contributed by atoms with Crippen LogP contribution in [0.2, 0.25) is 0 Å². The number of ether oxygens (including phenoxy) is 1. The van der Waals surface area contributed by atoms with Gasteiger partial charge in [-0.1, -0.05) is 42.5 Å². The van der Waals surface area contributed by atoms with Gasteiger partial charge in [-0.3, -0.25) is 4.90 Å². The summed E-state index contributed by atoms with van der Waals surface area (Å²) in [5.74, 6) is 0.820. The molecule has 2 fully saturated rings. The highest BCUT2D eigenvalue weighted by Crippen LogP contribution is 2.49. The first-order chi connectivity index (χ1) is 15.9. The number of hydrogen-bond acceptors (Lipinski definition) is 4. The summed E-state index contributed by atoms with van der Waals surface area (Å²) in [7, 11) is 6.00. The van der Waals surface area contributed by atoms with Crippen molar-refractivity contribution in [2.75, 3.05) is 40.9 Å². The van der Waals surface area contributed by atoms with Gasteiger partial charge in [0.05, 0.1) is 12.6 Å². The number of aliphatic hydroxyl groups excluding tert-OH is 1. The smallest absolute Gasteiger partial charge is 0.320 e. The number of nitrogens with zero attached hydrogens (tertiary/aromatic N) is 3. The van der Waals surface area contributed by atoms with Crippen LogP contribution < -0.4 is 4.74 Å². The second kappa shape index (κ2) is 9.74. The molecule has 6 heteroatoms. The Morgan fingerprint density at radius 3 is 2.24 bits per heavy atom. The number of methoxy groups -OCH3 is 1. The largest absolute Gasteiger partial charge is 0.497 e. The number of carbonyl (C=O) groups excluding carboxylic acids is 1. The summed E-state index contributed by atoms with van der Waals surface area (Å²) >= 11 is 0. The molecule has 1 heterocycles. The third-order valence-corrected chi connectivity index (χ3v) is 7.81. The van der Waals surface area contributed by atoms with E-state index in [2.05, 4.69) is 54.2 Å². The Morgan fingerprint density at radius 2 is 1.67 bits per heavy atom. The van der Waals surface area contributed by atoms with Gasteiger partial charge in [-0.25, -0.2) is 4.79 Å². The quantitative estimate of drug-likeness (QED) is 0.657. The van der Waals surface area contributed by atoms with E-state index < -0.39 is 0 Å². The molecule has 2 aliphatic rings. The van der Waals surface area contributed by atoms with Gasteiger partial charge in [0.2, 0.25) is 0 Å². The predicted octanol–water partition coefficient (Wildman–Crippen LogP) is 4.09. The maximum atomic E-state index is 13.5. The Hall–Kier alpha value is -2.57. The van der Waals surface area contributed by atoms with Crippen molar-refractivity contribution in [3.8, 4) is 5.75 Å². The minimum Gasteiger partial charge on any atom is -0.497 e. The van der Waals surface area contributed by atoms with E-state index in [-0.39, 0.29) is 23.7 Å². The normalized spacial score (nSPS) is 25.3. The molecule has 1 spiro atoms. The van der Waals surface area contributed by atoms with Crippen LogP contribution in [0.4, 0.5) is 4.79 Å². The molecule has 6 nitrogen and oxygen atoms in total. The molecule has 2 aromatic carbocycles. The molecule has 1 aliphatic heterocycles. The van der Waals surface area contributed by atoms with Gasteiger partial charge >= 0.3 is 6.03 Å². The molecular formula is C27H37N3O3. The van der Waals surface area contributed by atoms with Crippen molar-refractivity contribution >= 4 is 6.03 Å². The van der Waals surface area contributed by atoms with E-state index >= 15 is 0 Å². The maximum Gasteiger partial charge on any atom is 0.320 e. The average Bonchev–Trinajstić information content (AvgIpc) is 3.09. The highest BCUT2D eigenvalue weighted by atomic mass is 16.5. The standard InChI is InChI=1S/C27H37N3O3/c1-28(2)27(23-8-5-4-6-9-23)16-14-26(15-17-27)21-29(25(32)30(26)18-7-19-31)20-22-10-12-24(33-3)13-11-22/h4-6,8-13,31H,7,14-21H2,1-3H3/t26-,27-. The zero-order valence-corrected chi connectivity index (χ0v) is 20.2. The molecule has 0 aromatic heterocycles. The van der Waals surface area contributed by atoms with Gasteiger partial charge < -0.3 is 19.6 Å². The van der Waals surface area contributed by atoms with E-state index in [0.29, 0.717) is 19.5 Å². The third-order valence-electron chi connectivity index (χ3n) is 7.81. The Labute approximate surface area is 197 Å². The number of benzene rings is 2. The van der Waals surface area contributed by atoms with E-state index in [1.807, 2.05) is 29.2 Å². The second-order valence-corrected chi connectivity index (χ2v) is 9.73. The average molecular weight is 452 g/mol. The van der Waals surface area contributed by atoms with Crippen molar-refractivity contribution in [2.24, 2.45) is 0 Å². The van der Waals surface area contributed by atoms with Gasteiger partial charge in [-0.05, 0) is 69.5 Å². The molecule has 33 heavy (non-hydrogen) atoms. The number of rotatable bonds is 8. The van der Waals surface area contributed by atoms with Crippen LogP contribution in [0.5, 0.6) is 5.75 Å². The molecule has 0 unspecified atom stereocenters. The summed E-state index contributed by atoms with van der Waals surface area (Å²) in [5.41, 5.74) is 2.27. The number of amides is 2. The van der Waals surface area contributed by atoms with E-state index in [0.717, 1.165) is 43.5 Å². The fourth-order valence-electron chi connectivity index (χ4n) is 5.82. The first kappa shape index (κ1) is 23.6. The molecule has 0 bridgehead atoms. The summed E-state index contributed by atoms with van der Waals surface area (Å²) in [6.45, 7) is 2.04. The van der Waals surface area contributed by atoms with E-state index in [1.165, 1.54) is 5.56 Å². The Kier molecular flexibility index (Phi) is 6.96. The molecule has 2 amide bonds. The third kappa shape index (κ3) is 4.46. The van der Waals surface area contributed by atoms with E-state index in [9.17, 15) is 9.90 Å². The highest BCUT2D eigenvalue weighted by molar-refractivity contribution is 5.78. The minimum atomic E-state index is -0.174. The molecule has 4 rings (SSSR count). The summed E-state index contributed by atoms with van der Waals surface area (Å²) < 4.78 is 5.27. The summed E-state index contributed by atoms with van der Waals surface area (Å²) in [4.78, 5) is 19.9. The highest BCUT2D eigenvalue weighted by Gasteiger charge is 2.54. The SMILES string of the molecule is COc1ccc(CN2C[C@]3(CC[C@@](c4ccccc4)(N(C)C)CC3)N(CCCO)C2=O)cc1. The van der Waals surface area contributed by atoms with Crippen LogP contribution >= 0.6 is 0 Å². The van der Waals surface area contributed by atoms with Crippen molar-refractivity contribution in [1.82, 2.24) is 14.7 Å². The fraction of sp³-hybridized carbons (Fsp3) is 0.519. The number of urea groups is 1. The Morgan fingerprint density at radius 1 is 1.00 bits per heavy atom. The molecule has 178 valence electrons. The molecule has 0 atom stereocenters. The summed E-state index contributed by atoms with van der Waals surface area (Å²) in [5, 5.41) is 9.48. The number of carbonyl (C=O) groups is 1. The number of hydrogen-bond donors (Lipinski definition) is 1. The lowest BCUT2D eigenvalue weighted by molar-refractivity contribution is 0.0231.